The molecule has 1 aliphatic rings. The summed E-state index contributed by atoms with van der Waals surface area (Å²) >= 11 is 0. The van der Waals surface area contributed by atoms with Gasteiger partial charge in [0.25, 0.3) is 0 Å². The van der Waals surface area contributed by atoms with Gasteiger partial charge in [-0.3, -0.25) is 0 Å². The lowest BCUT2D eigenvalue weighted by Gasteiger charge is -2.27. The van der Waals surface area contributed by atoms with Crippen LogP contribution in [0.1, 0.15) is 17.5 Å². The molecule has 29 heavy (non-hydrogen) atoms. The predicted octanol–water partition coefficient (Wildman–Crippen LogP) is 2.65. The Morgan fingerprint density at radius 3 is 2.83 bits per heavy atom. The molecular weight excluding hydrogens is 385 g/mol. The summed E-state index contributed by atoms with van der Waals surface area (Å²) in [6.07, 6.45) is -2.53. The van der Waals surface area contributed by atoms with E-state index in [0.717, 1.165) is 6.20 Å². The molecule has 0 saturated carbocycles. The standard InChI is InChI=1S/C19H17F3N6O/c20-19(21,22)15-9-26-18(27-11-4-12(29)7-24-6-11)28-17(15)14-8-25-16-3-10(5-23)1-2-13(14)16/h1-3,8-9,11-12,24-25,29H,4,6-7H2,(H,26,27,28)/t11-,12-/m0/s1. The van der Waals surface area contributed by atoms with Crippen molar-refractivity contribution in [2.75, 3.05) is 18.4 Å². The Hall–Kier alpha value is -3.16. The zero-order chi connectivity index (χ0) is 20.6. The van der Waals surface area contributed by atoms with Gasteiger partial charge in [-0.2, -0.15) is 18.4 Å². The van der Waals surface area contributed by atoms with Crippen LogP contribution in [-0.2, 0) is 6.18 Å². The largest absolute Gasteiger partial charge is 0.419 e. The van der Waals surface area contributed by atoms with E-state index in [0.29, 0.717) is 36.0 Å². The number of H-pyrrole nitrogens is 1. The quantitative estimate of drug-likeness (QED) is 0.536. The van der Waals surface area contributed by atoms with E-state index in [1.54, 1.807) is 18.2 Å². The Labute approximate surface area is 163 Å². The first-order valence-electron chi connectivity index (χ1n) is 8.96. The molecule has 0 spiro atoms. The van der Waals surface area contributed by atoms with Crippen LogP contribution in [0.25, 0.3) is 22.2 Å². The molecule has 0 bridgehead atoms. The third kappa shape index (κ3) is 3.87. The summed E-state index contributed by atoms with van der Waals surface area (Å²) < 4.78 is 40.8. The fourth-order valence-corrected chi connectivity index (χ4v) is 3.47. The first-order valence-corrected chi connectivity index (χ1v) is 8.96. The van der Waals surface area contributed by atoms with Crippen molar-refractivity contribution < 1.29 is 18.3 Å². The average Bonchev–Trinajstić information content (AvgIpc) is 3.10. The molecule has 3 heterocycles. The Kier molecular flexibility index (Phi) is 4.86. The molecule has 1 aromatic carbocycles. The molecule has 4 N–H and O–H groups in total. The summed E-state index contributed by atoms with van der Waals surface area (Å²) in [6, 6.07) is 6.50. The lowest BCUT2D eigenvalue weighted by molar-refractivity contribution is -0.137. The Bertz CT molecular complexity index is 1090. The second kappa shape index (κ2) is 7.35. The van der Waals surface area contributed by atoms with Crippen molar-refractivity contribution in [3.8, 4) is 17.3 Å². The Morgan fingerprint density at radius 2 is 2.10 bits per heavy atom. The van der Waals surface area contributed by atoms with Gasteiger partial charge in [-0.15, -0.1) is 0 Å². The second-order valence-corrected chi connectivity index (χ2v) is 6.92. The zero-order valence-corrected chi connectivity index (χ0v) is 15.1. The van der Waals surface area contributed by atoms with E-state index in [1.165, 1.54) is 6.20 Å². The summed E-state index contributed by atoms with van der Waals surface area (Å²) in [4.78, 5) is 10.9. The number of rotatable bonds is 3. The van der Waals surface area contributed by atoms with Crippen LogP contribution in [0, 0.1) is 11.3 Å². The first-order chi connectivity index (χ1) is 13.8. The maximum atomic E-state index is 13.6. The number of nitrogens with one attached hydrogen (secondary N) is 3. The van der Waals surface area contributed by atoms with Gasteiger partial charge in [-0.1, -0.05) is 6.07 Å². The third-order valence-electron chi connectivity index (χ3n) is 4.82. The normalized spacial score (nSPS) is 19.8. The summed E-state index contributed by atoms with van der Waals surface area (Å²) in [7, 11) is 0. The van der Waals surface area contributed by atoms with Crippen LogP contribution < -0.4 is 10.6 Å². The molecule has 0 amide bonds. The molecule has 2 atom stereocenters. The van der Waals surface area contributed by atoms with Crippen LogP contribution in [0.4, 0.5) is 19.1 Å². The number of halogens is 3. The highest BCUT2D eigenvalue weighted by molar-refractivity contribution is 5.96. The molecule has 0 unspecified atom stereocenters. The van der Waals surface area contributed by atoms with Crippen LogP contribution in [0.5, 0.6) is 0 Å². The Balaban J connectivity index is 1.77. The van der Waals surface area contributed by atoms with Gasteiger partial charge in [0.1, 0.15) is 5.56 Å². The predicted molar refractivity (Wildman–Crippen MR) is 99.9 cm³/mol. The van der Waals surface area contributed by atoms with Gasteiger partial charge < -0.3 is 20.7 Å². The summed E-state index contributed by atoms with van der Waals surface area (Å²) in [6.45, 7) is 1.01. The van der Waals surface area contributed by atoms with E-state index >= 15 is 0 Å². The van der Waals surface area contributed by atoms with Gasteiger partial charge in [0.2, 0.25) is 5.95 Å². The number of nitriles is 1. The summed E-state index contributed by atoms with van der Waals surface area (Å²) in [5, 5.41) is 25.3. The SMILES string of the molecule is N#Cc1ccc2c(-c3nc(N[C@@H]4CNC[C@@H](O)C4)ncc3C(F)(F)F)c[nH]c2c1. The number of alkyl halides is 3. The van der Waals surface area contributed by atoms with E-state index in [2.05, 4.69) is 25.6 Å². The van der Waals surface area contributed by atoms with Crippen LogP contribution in [-0.4, -0.2) is 45.3 Å². The maximum Gasteiger partial charge on any atom is 0.419 e. The summed E-state index contributed by atoms with van der Waals surface area (Å²) in [5.74, 6) is 0.0527. The fourth-order valence-electron chi connectivity index (χ4n) is 3.47. The number of anilines is 1. The van der Waals surface area contributed by atoms with Gasteiger partial charge >= 0.3 is 6.18 Å². The third-order valence-corrected chi connectivity index (χ3v) is 4.82. The lowest BCUT2D eigenvalue weighted by atomic mass is 10.0. The molecule has 1 saturated heterocycles. The van der Waals surface area contributed by atoms with E-state index in [-0.39, 0.29) is 23.2 Å². The van der Waals surface area contributed by atoms with Gasteiger partial charge in [0.15, 0.2) is 0 Å². The van der Waals surface area contributed by atoms with Crippen LogP contribution in [0.2, 0.25) is 0 Å². The number of piperidine rings is 1. The van der Waals surface area contributed by atoms with Crippen molar-refractivity contribution in [3.63, 3.8) is 0 Å². The van der Waals surface area contributed by atoms with E-state index in [4.69, 9.17) is 5.26 Å². The highest BCUT2D eigenvalue weighted by atomic mass is 19.4. The van der Waals surface area contributed by atoms with Crippen LogP contribution in [0.3, 0.4) is 0 Å². The van der Waals surface area contributed by atoms with Gasteiger partial charge in [-0.25, -0.2) is 9.97 Å². The van der Waals surface area contributed by atoms with E-state index in [1.807, 2.05) is 6.07 Å². The van der Waals surface area contributed by atoms with E-state index in [9.17, 15) is 18.3 Å². The minimum atomic E-state index is -4.63. The number of hydrogen-bond donors (Lipinski definition) is 4. The molecule has 1 fully saturated rings. The van der Waals surface area contributed by atoms with Gasteiger partial charge in [-0.05, 0) is 18.6 Å². The second-order valence-electron chi connectivity index (χ2n) is 6.92. The number of aromatic nitrogens is 3. The number of aliphatic hydroxyl groups excluding tert-OH is 1. The number of hydrogen-bond acceptors (Lipinski definition) is 6. The van der Waals surface area contributed by atoms with Crippen molar-refractivity contribution in [3.05, 3.63) is 41.7 Å². The fraction of sp³-hybridized carbons (Fsp3) is 0.316. The number of nitrogens with zero attached hydrogens (tertiary/aromatic N) is 3. The smallest absolute Gasteiger partial charge is 0.392 e. The lowest BCUT2D eigenvalue weighted by Crippen LogP contribution is -2.46. The number of fused-ring (bicyclic) bond motifs is 1. The molecule has 4 rings (SSSR count). The maximum absolute atomic E-state index is 13.6. The number of β-amino-alcohol motifs (C(OH)–C–C–N with tert-alkyl or cyclic N) is 1. The molecule has 7 nitrogen and oxygen atoms in total. The monoisotopic (exact) mass is 402 g/mol. The van der Waals surface area contributed by atoms with Crippen molar-refractivity contribution in [2.24, 2.45) is 0 Å². The van der Waals surface area contributed by atoms with Crippen molar-refractivity contribution in [1.29, 1.82) is 5.26 Å². The van der Waals surface area contributed by atoms with Crippen molar-refractivity contribution >= 4 is 16.9 Å². The Morgan fingerprint density at radius 1 is 1.28 bits per heavy atom. The molecule has 10 heteroatoms. The topological polar surface area (TPSA) is 110 Å². The van der Waals surface area contributed by atoms with Crippen LogP contribution in [0.15, 0.2) is 30.6 Å². The minimum Gasteiger partial charge on any atom is -0.392 e. The molecule has 2 aromatic heterocycles. The molecule has 0 radical (unpaired) electrons. The molecule has 3 aromatic rings. The zero-order valence-electron chi connectivity index (χ0n) is 15.1. The number of benzene rings is 1. The minimum absolute atomic E-state index is 0.0527. The number of aliphatic hydroxyl groups is 1. The summed E-state index contributed by atoms with van der Waals surface area (Å²) in [5.41, 5.74) is 0.00435. The van der Waals surface area contributed by atoms with Crippen molar-refractivity contribution in [1.82, 2.24) is 20.3 Å². The molecule has 150 valence electrons. The molecular formula is C19H17F3N6O. The molecule has 1 aliphatic heterocycles. The first kappa shape index (κ1) is 19.2. The van der Waals surface area contributed by atoms with Crippen LogP contribution >= 0.6 is 0 Å². The number of aromatic amines is 1. The highest BCUT2D eigenvalue weighted by Gasteiger charge is 2.36. The highest BCUT2D eigenvalue weighted by Crippen LogP contribution is 2.38. The van der Waals surface area contributed by atoms with E-state index < -0.39 is 17.8 Å². The van der Waals surface area contributed by atoms with Gasteiger partial charge in [0.05, 0.1) is 23.4 Å². The van der Waals surface area contributed by atoms with Crippen molar-refractivity contribution in [2.45, 2.75) is 24.7 Å². The molecule has 0 aliphatic carbocycles. The average molecular weight is 402 g/mol. The van der Waals surface area contributed by atoms with Gasteiger partial charge in [0, 0.05) is 48.0 Å².